The number of hydrogen-bond acceptors (Lipinski definition) is 4. The van der Waals surface area contributed by atoms with Gasteiger partial charge in [-0.3, -0.25) is 4.79 Å². The molecule has 0 spiro atoms. The van der Waals surface area contributed by atoms with E-state index in [9.17, 15) is 9.90 Å². The number of aromatic hydroxyl groups is 1. The molecule has 6 nitrogen and oxygen atoms in total. The van der Waals surface area contributed by atoms with E-state index >= 15 is 0 Å². The number of rotatable bonds is 3. The summed E-state index contributed by atoms with van der Waals surface area (Å²) in [7, 11) is 0. The Labute approximate surface area is 190 Å². The summed E-state index contributed by atoms with van der Waals surface area (Å²) in [5.74, 6) is -0.0396. The van der Waals surface area contributed by atoms with Gasteiger partial charge in [0.15, 0.2) is 0 Å². The second-order valence-corrected chi connectivity index (χ2v) is 8.18. The van der Waals surface area contributed by atoms with Crippen molar-refractivity contribution in [3.05, 3.63) is 102 Å². The van der Waals surface area contributed by atoms with Crippen molar-refractivity contribution >= 4 is 16.9 Å². The molecule has 3 aromatic heterocycles. The lowest BCUT2D eigenvalue weighted by Crippen LogP contribution is -2.28. The van der Waals surface area contributed by atoms with Crippen LogP contribution in [0.2, 0.25) is 0 Å². The van der Waals surface area contributed by atoms with Crippen LogP contribution in [0.15, 0.2) is 79.1 Å². The summed E-state index contributed by atoms with van der Waals surface area (Å²) < 4.78 is 0. The second-order valence-electron chi connectivity index (χ2n) is 8.18. The molecule has 0 bridgehead atoms. The zero-order chi connectivity index (χ0) is 22.5. The maximum absolute atomic E-state index is 13.4. The van der Waals surface area contributed by atoms with Crippen LogP contribution < -0.4 is 5.32 Å². The normalized spacial score (nSPS) is 14.2. The third-order valence-corrected chi connectivity index (χ3v) is 6.20. The Morgan fingerprint density at radius 2 is 1.79 bits per heavy atom. The number of aromatic nitrogens is 3. The van der Waals surface area contributed by atoms with Gasteiger partial charge in [0, 0.05) is 29.0 Å². The van der Waals surface area contributed by atoms with Gasteiger partial charge in [-0.2, -0.15) is 0 Å². The lowest BCUT2D eigenvalue weighted by molar-refractivity contribution is 0.0945. The number of carbonyl (C=O) groups excluding carboxylic acids is 1. The Kier molecular flexibility index (Phi) is 4.26. The van der Waals surface area contributed by atoms with Crippen molar-refractivity contribution in [2.75, 3.05) is 0 Å². The SMILES string of the molecule is Cc1ccc(O)c(-c2cccc3c2-c2ccccc2C3NC(=O)c2ccnc3[nH]ccc23)n1. The van der Waals surface area contributed by atoms with Crippen molar-refractivity contribution in [3.63, 3.8) is 0 Å². The van der Waals surface area contributed by atoms with E-state index in [4.69, 9.17) is 0 Å². The predicted octanol–water partition coefficient (Wildman–Crippen LogP) is 5.14. The molecule has 1 amide bonds. The Balaban J connectivity index is 1.49. The average molecular weight is 432 g/mol. The number of carbonyl (C=O) groups is 1. The first-order valence-corrected chi connectivity index (χ1v) is 10.7. The van der Waals surface area contributed by atoms with E-state index in [-0.39, 0.29) is 17.7 Å². The molecule has 2 aromatic carbocycles. The van der Waals surface area contributed by atoms with E-state index in [0.717, 1.165) is 38.9 Å². The number of aryl methyl sites for hydroxylation is 1. The fraction of sp³-hybridized carbons (Fsp3) is 0.0741. The van der Waals surface area contributed by atoms with E-state index in [1.807, 2.05) is 55.5 Å². The van der Waals surface area contributed by atoms with Gasteiger partial charge < -0.3 is 15.4 Å². The molecule has 33 heavy (non-hydrogen) atoms. The van der Waals surface area contributed by atoms with Gasteiger partial charge in [-0.25, -0.2) is 9.97 Å². The lowest BCUT2D eigenvalue weighted by Gasteiger charge is -2.17. The second kappa shape index (κ2) is 7.31. The number of benzene rings is 2. The van der Waals surface area contributed by atoms with Crippen LogP contribution in [0.3, 0.4) is 0 Å². The first-order valence-electron chi connectivity index (χ1n) is 10.7. The summed E-state index contributed by atoms with van der Waals surface area (Å²) in [6.45, 7) is 1.90. The van der Waals surface area contributed by atoms with Crippen LogP contribution in [0.1, 0.15) is 33.2 Å². The first-order chi connectivity index (χ1) is 16.1. The zero-order valence-corrected chi connectivity index (χ0v) is 17.8. The molecular weight excluding hydrogens is 412 g/mol. The number of H-pyrrole nitrogens is 1. The number of aromatic amines is 1. The zero-order valence-electron chi connectivity index (χ0n) is 17.8. The van der Waals surface area contributed by atoms with Crippen LogP contribution >= 0.6 is 0 Å². The minimum Gasteiger partial charge on any atom is -0.506 e. The van der Waals surface area contributed by atoms with E-state index < -0.39 is 0 Å². The molecule has 0 fully saturated rings. The van der Waals surface area contributed by atoms with E-state index in [1.165, 1.54) is 0 Å². The highest BCUT2D eigenvalue weighted by molar-refractivity contribution is 6.06. The minimum absolute atomic E-state index is 0.130. The smallest absolute Gasteiger partial charge is 0.252 e. The molecule has 1 aliphatic carbocycles. The van der Waals surface area contributed by atoms with E-state index in [2.05, 4.69) is 20.3 Å². The lowest BCUT2D eigenvalue weighted by atomic mass is 9.96. The molecule has 3 heterocycles. The molecule has 3 N–H and O–H groups in total. The Bertz CT molecular complexity index is 1550. The minimum atomic E-state index is -0.322. The molecule has 160 valence electrons. The molecule has 5 aromatic rings. The Hall–Kier alpha value is -4.45. The topological polar surface area (TPSA) is 90.9 Å². The maximum Gasteiger partial charge on any atom is 0.252 e. The van der Waals surface area contributed by atoms with Crippen molar-refractivity contribution in [1.82, 2.24) is 20.3 Å². The standard InChI is InChI=1S/C27H20N4O2/c1-15-9-10-22(32)25(30-15)21-8-4-7-20-23(21)16-5-2-3-6-17(16)24(20)31-27(33)19-12-14-29-26-18(19)11-13-28-26/h2-14,24,32H,1H3,(H,28,29)(H,31,33). The van der Waals surface area contributed by atoms with E-state index in [0.29, 0.717) is 16.9 Å². The van der Waals surface area contributed by atoms with Gasteiger partial charge in [0.05, 0.1) is 11.6 Å². The molecule has 1 aliphatic rings. The summed E-state index contributed by atoms with van der Waals surface area (Å²) in [5, 5.41) is 14.6. The summed E-state index contributed by atoms with van der Waals surface area (Å²) in [6.07, 6.45) is 3.41. The molecule has 0 radical (unpaired) electrons. The molecular formula is C27H20N4O2. The quantitative estimate of drug-likeness (QED) is 0.368. The van der Waals surface area contributed by atoms with Crippen molar-refractivity contribution < 1.29 is 9.90 Å². The molecule has 1 atom stereocenters. The third-order valence-electron chi connectivity index (χ3n) is 6.20. The first kappa shape index (κ1) is 19.3. The van der Waals surface area contributed by atoms with Gasteiger partial charge in [-0.05, 0) is 53.4 Å². The van der Waals surface area contributed by atoms with Crippen molar-refractivity contribution in [2.24, 2.45) is 0 Å². The van der Waals surface area contributed by atoms with Crippen molar-refractivity contribution in [1.29, 1.82) is 0 Å². The number of nitrogens with zero attached hydrogens (tertiary/aromatic N) is 2. The van der Waals surface area contributed by atoms with Gasteiger partial charge in [0.1, 0.15) is 17.1 Å². The highest BCUT2D eigenvalue weighted by Crippen LogP contribution is 2.48. The summed E-state index contributed by atoms with van der Waals surface area (Å²) in [4.78, 5) is 25.3. The number of pyridine rings is 2. The maximum atomic E-state index is 13.4. The van der Waals surface area contributed by atoms with Crippen LogP contribution in [-0.4, -0.2) is 26.0 Å². The third kappa shape index (κ3) is 2.99. The van der Waals surface area contributed by atoms with Crippen LogP contribution in [0.5, 0.6) is 5.75 Å². The van der Waals surface area contributed by atoms with Crippen molar-refractivity contribution in [3.8, 4) is 28.1 Å². The Morgan fingerprint density at radius 1 is 0.970 bits per heavy atom. The Morgan fingerprint density at radius 3 is 2.70 bits per heavy atom. The molecule has 0 saturated carbocycles. The van der Waals surface area contributed by atoms with Gasteiger partial charge >= 0.3 is 0 Å². The number of fused-ring (bicyclic) bond motifs is 4. The van der Waals surface area contributed by atoms with Gasteiger partial charge in [0.2, 0.25) is 0 Å². The van der Waals surface area contributed by atoms with Crippen LogP contribution in [-0.2, 0) is 0 Å². The molecule has 0 aliphatic heterocycles. The number of nitrogens with one attached hydrogen (secondary N) is 2. The molecule has 6 heteroatoms. The molecule has 1 unspecified atom stereocenters. The van der Waals surface area contributed by atoms with Crippen LogP contribution in [0.25, 0.3) is 33.4 Å². The highest BCUT2D eigenvalue weighted by atomic mass is 16.3. The number of amides is 1. The molecule has 0 saturated heterocycles. The highest BCUT2D eigenvalue weighted by Gasteiger charge is 2.32. The largest absolute Gasteiger partial charge is 0.506 e. The fourth-order valence-corrected chi connectivity index (χ4v) is 4.72. The fourth-order valence-electron chi connectivity index (χ4n) is 4.72. The summed E-state index contributed by atoms with van der Waals surface area (Å²) >= 11 is 0. The average Bonchev–Trinajstić information content (AvgIpc) is 3.44. The van der Waals surface area contributed by atoms with Crippen LogP contribution in [0, 0.1) is 6.92 Å². The monoisotopic (exact) mass is 432 g/mol. The molecule has 6 rings (SSSR count). The summed E-state index contributed by atoms with van der Waals surface area (Å²) in [6, 6.07) is 20.7. The van der Waals surface area contributed by atoms with Crippen molar-refractivity contribution in [2.45, 2.75) is 13.0 Å². The number of hydrogen-bond donors (Lipinski definition) is 3. The van der Waals surface area contributed by atoms with E-state index in [1.54, 1.807) is 30.6 Å². The van der Waals surface area contributed by atoms with Gasteiger partial charge in [0.25, 0.3) is 5.91 Å². The predicted molar refractivity (Wildman–Crippen MR) is 127 cm³/mol. The van der Waals surface area contributed by atoms with Gasteiger partial charge in [-0.1, -0.05) is 42.5 Å². The van der Waals surface area contributed by atoms with Crippen LogP contribution in [0.4, 0.5) is 0 Å². The van der Waals surface area contributed by atoms with Gasteiger partial charge in [-0.15, -0.1) is 0 Å². The summed E-state index contributed by atoms with van der Waals surface area (Å²) in [5.41, 5.74) is 7.45.